The molecular weight excluding hydrogens is 273 g/mol. The molecule has 106 valence electrons. The molecule has 0 saturated heterocycles. The van der Waals surface area contributed by atoms with Crippen molar-refractivity contribution in [3.63, 3.8) is 0 Å². The third kappa shape index (κ3) is 2.73. The molecule has 0 saturated carbocycles. The average Bonchev–Trinajstić information content (AvgIpc) is 2.76. The number of amides is 1. The molecule has 0 aliphatic heterocycles. The van der Waals surface area contributed by atoms with Crippen LogP contribution >= 0.6 is 0 Å². The number of nitrogen functional groups attached to an aromatic ring is 1. The Bertz CT molecular complexity index is 648. The number of aryl methyl sites for hydroxylation is 1. The van der Waals surface area contributed by atoms with E-state index in [1.165, 1.54) is 30.1 Å². The van der Waals surface area contributed by atoms with Crippen molar-refractivity contribution in [1.29, 1.82) is 0 Å². The van der Waals surface area contributed by atoms with Crippen molar-refractivity contribution in [2.24, 2.45) is 7.05 Å². The molecule has 0 fully saturated rings. The molecule has 1 amide bonds. The largest absolute Gasteiger partial charge is 0.418 e. The van der Waals surface area contributed by atoms with Gasteiger partial charge in [0.05, 0.1) is 11.3 Å². The Kier molecular flexibility index (Phi) is 3.39. The van der Waals surface area contributed by atoms with Crippen LogP contribution in [0.2, 0.25) is 0 Å². The molecule has 5 nitrogen and oxygen atoms in total. The maximum Gasteiger partial charge on any atom is 0.418 e. The monoisotopic (exact) mass is 284 g/mol. The molecule has 2 aromatic rings. The molecule has 1 heterocycles. The maximum absolute atomic E-state index is 12.9. The Morgan fingerprint density at radius 1 is 1.35 bits per heavy atom. The van der Waals surface area contributed by atoms with Gasteiger partial charge in [-0.1, -0.05) is 0 Å². The summed E-state index contributed by atoms with van der Waals surface area (Å²) < 4.78 is 39.9. The van der Waals surface area contributed by atoms with Gasteiger partial charge in [-0.25, -0.2) is 0 Å². The minimum Gasteiger partial charge on any atom is -0.399 e. The van der Waals surface area contributed by atoms with Gasteiger partial charge in [-0.05, 0) is 24.3 Å². The molecule has 1 aromatic heterocycles. The number of nitrogens with one attached hydrogen (secondary N) is 1. The third-order valence-corrected chi connectivity index (χ3v) is 2.65. The van der Waals surface area contributed by atoms with Crippen molar-refractivity contribution in [1.82, 2.24) is 9.78 Å². The van der Waals surface area contributed by atoms with E-state index >= 15 is 0 Å². The summed E-state index contributed by atoms with van der Waals surface area (Å²) in [4.78, 5) is 11.9. The molecule has 0 bridgehead atoms. The van der Waals surface area contributed by atoms with E-state index in [1.54, 1.807) is 0 Å². The molecule has 8 heteroatoms. The van der Waals surface area contributed by atoms with E-state index in [1.807, 2.05) is 0 Å². The Hall–Kier alpha value is -2.51. The fourth-order valence-corrected chi connectivity index (χ4v) is 1.69. The number of benzene rings is 1. The number of aromatic nitrogens is 2. The van der Waals surface area contributed by atoms with Crippen LogP contribution in [0, 0.1) is 0 Å². The molecule has 0 atom stereocenters. The van der Waals surface area contributed by atoms with Crippen LogP contribution in [-0.2, 0) is 13.2 Å². The highest BCUT2D eigenvalue weighted by Crippen LogP contribution is 2.36. The zero-order valence-corrected chi connectivity index (χ0v) is 10.4. The molecular formula is C12H11F3N4O. The second kappa shape index (κ2) is 4.87. The number of carbonyl (C=O) groups is 1. The molecule has 1 aromatic carbocycles. The Morgan fingerprint density at radius 3 is 2.60 bits per heavy atom. The van der Waals surface area contributed by atoms with Crippen molar-refractivity contribution in [2.75, 3.05) is 11.1 Å². The maximum atomic E-state index is 12.9. The third-order valence-electron chi connectivity index (χ3n) is 2.65. The lowest BCUT2D eigenvalue weighted by molar-refractivity contribution is -0.136. The van der Waals surface area contributed by atoms with Crippen molar-refractivity contribution >= 4 is 17.3 Å². The van der Waals surface area contributed by atoms with E-state index in [9.17, 15) is 18.0 Å². The molecule has 3 N–H and O–H groups in total. The normalized spacial score (nSPS) is 11.4. The lowest BCUT2D eigenvalue weighted by Gasteiger charge is -2.14. The van der Waals surface area contributed by atoms with Crippen LogP contribution in [0.25, 0.3) is 0 Å². The number of halogens is 3. The van der Waals surface area contributed by atoms with Gasteiger partial charge >= 0.3 is 6.18 Å². The number of hydrogen-bond donors (Lipinski definition) is 2. The van der Waals surface area contributed by atoms with Gasteiger partial charge in [-0.3, -0.25) is 9.48 Å². The van der Waals surface area contributed by atoms with E-state index in [4.69, 9.17) is 5.73 Å². The van der Waals surface area contributed by atoms with Crippen LogP contribution in [-0.4, -0.2) is 15.7 Å². The van der Waals surface area contributed by atoms with E-state index in [-0.39, 0.29) is 17.1 Å². The van der Waals surface area contributed by atoms with Crippen LogP contribution in [0.4, 0.5) is 24.5 Å². The fourth-order valence-electron chi connectivity index (χ4n) is 1.69. The first-order valence-electron chi connectivity index (χ1n) is 5.55. The number of carbonyl (C=O) groups excluding carboxylic acids is 1. The summed E-state index contributed by atoms with van der Waals surface area (Å²) in [6.07, 6.45) is -3.23. The minimum atomic E-state index is -4.61. The summed E-state index contributed by atoms with van der Waals surface area (Å²) in [5.41, 5.74) is 4.12. The van der Waals surface area contributed by atoms with Gasteiger partial charge in [0.2, 0.25) is 0 Å². The van der Waals surface area contributed by atoms with Crippen molar-refractivity contribution in [2.45, 2.75) is 6.18 Å². The second-order valence-corrected chi connectivity index (χ2v) is 4.10. The predicted molar refractivity (Wildman–Crippen MR) is 67.0 cm³/mol. The average molecular weight is 284 g/mol. The number of rotatable bonds is 2. The molecule has 0 aliphatic carbocycles. The smallest absolute Gasteiger partial charge is 0.399 e. The van der Waals surface area contributed by atoms with E-state index in [2.05, 4.69) is 10.4 Å². The van der Waals surface area contributed by atoms with Crippen molar-refractivity contribution in [3.8, 4) is 0 Å². The molecule has 2 rings (SSSR count). The van der Waals surface area contributed by atoms with Gasteiger partial charge < -0.3 is 11.1 Å². The quantitative estimate of drug-likeness (QED) is 0.831. The Labute approximate surface area is 112 Å². The first-order valence-corrected chi connectivity index (χ1v) is 5.55. The predicted octanol–water partition coefficient (Wildman–Crippen LogP) is 2.27. The molecule has 0 unspecified atom stereocenters. The second-order valence-electron chi connectivity index (χ2n) is 4.10. The highest BCUT2D eigenvalue weighted by molar-refractivity contribution is 6.03. The number of nitrogens with two attached hydrogens (primary N) is 1. The lowest BCUT2D eigenvalue weighted by Crippen LogP contribution is -2.19. The topological polar surface area (TPSA) is 72.9 Å². The molecule has 0 radical (unpaired) electrons. The SMILES string of the molecule is Cn1nccc1C(=O)Nc1ccc(N)cc1C(F)(F)F. The van der Waals surface area contributed by atoms with Crippen LogP contribution in [0.15, 0.2) is 30.5 Å². The number of anilines is 2. The number of alkyl halides is 3. The Morgan fingerprint density at radius 2 is 2.05 bits per heavy atom. The first-order chi connectivity index (χ1) is 9.29. The van der Waals surface area contributed by atoms with Crippen LogP contribution < -0.4 is 11.1 Å². The van der Waals surface area contributed by atoms with Gasteiger partial charge in [-0.15, -0.1) is 0 Å². The standard InChI is InChI=1S/C12H11F3N4O/c1-19-10(4-5-17-19)11(20)18-9-3-2-7(16)6-8(9)12(13,14)15/h2-6H,16H2,1H3,(H,18,20). The highest BCUT2D eigenvalue weighted by Gasteiger charge is 2.34. The minimum absolute atomic E-state index is 0.0316. The van der Waals surface area contributed by atoms with Crippen LogP contribution in [0.5, 0.6) is 0 Å². The first kappa shape index (κ1) is 13.9. The van der Waals surface area contributed by atoms with Crippen molar-refractivity contribution < 1.29 is 18.0 Å². The fraction of sp³-hybridized carbons (Fsp3) is 0.167. The lowest BCUT2D eigenvalue weighted by atomic mass is 10.1. The van der Waals surface area contributed by atoms with E-state index in [0.717, 1.165) is 12.1 Å². The molecule has 0 spiro atoms. The van der Waals surface area contributed by atoms with Gasteiger partial charge in [0.1, 0.15) is 5.69 Å². The van der Waals surface area contributed by atoms with E-state index < -0.39 is 17.6 Å². The summed E-state index contributed by atoms with van der Waals surface area (Å²) in [6.45, 7) is 0. The Balaban J connectivity index is 2.35. The zero-order chi connectivity index (χ0) is 14.9. The van der Waals surface area contributed by atoms with Gasteiger partial charge in [0.25, 0.3) is 5.91 Å². The summed E-state index contributed by atoms with van der Waals surface area (Å²) in [6, 6.07) is 4.58. The summed E-state index contributed by atoms with van der Waals surface area (Å²) in [7, 11) is 1.52. The van der Waals surface area contributed by atoms with Crippen molar-refractivity contribution in [3.05, 3.63) is 41.7 Å². The van der Waals surface area contributed by atoms with Gasteiger partial charge in [0, 0.05) is 18.9 Å². The highest BCUT2D eigenvalue weighted by atomic mass is 19.4. The molecule has 20 heavy (non-hydrogen) atoms. The van der Waals surface area contributed by atoms with Gasteiger partial charge in [0.15, 0.2) is 0 Å². The summed E-state index contributed by atoms with van der Waals surface area (Å²) in [5, 5.41) is 5.99. The zero-order valence-electron chi connectivity index (χ0n) is 10.4. The van der Waals surface area contributed by atoms with Crippen LogP contribution in [0.1, 0.15) is 16.1 Å². The molecule has 0 aliphatic rings. The van der Waals surface area contributed by atoms with Crippen LogP contribution in [0.3, 0.4) is 0 Å². The summed E-state index contributed by atoms with van der Waals surface area (Å²) in [5.74, 6) is -0.680. The van der Waals surface area contributed by atoms with E-state index in [0.29, 0.717) is 0 Å². The number of nitrogens with zero attached hydrogens (tertiary/aromatic N) is 2. The summed E-state index contributed by atoms with van der Waals surface area (Å²) >= 11 is 0. The van der Waals surface area contributed by atoms with Gasteiger partial charge in [-0.2, -0.15) is 18.3 Å². The number of hydrogen-bond acceptors (Lipinski definition) is 3.